The average Bonchev–Trinajstić information content (AvgIpc) is 2.80. The predicted octanol–water partition coefficient (Wildman–Crippen LogP) is -0.114. The Morgan fingerprint density at radius 2 is 2.32 bits per heavy atom. The molecule has 1 aromatic rings. The third kappa shape index (κ3) is 2.00. The molecule has 2 aliphatic heterocycles. The lowest BCUT2D eigenvalue weighted by molar-refractivity contribution is 0.197. The normalized spacial score (nSPS) is 22.2. The van der Waals surface area contributed by atoms with Gasteiger partial charge in [-0.2, -0.15) is 4.98 Å². The van der Waals surface area contributed by atoms with Gasteiger partial charge in [0.2, 0.25) is 5.88 Å². The second-order valence-corrected chi connectivity index (χ2v) is 4.75. The fourth-order valence-corrected chi connectivity index (χ4v) is 2.61. The molecule has 2 fully saturated rings. The van der Waals surface area contributed by atoms with Crippen molar-refractivity contribution in [3.05, 3.63) is 12.1 Å². The van der Waals surface area contributed by atoms with Crippen molar-refractivity contribution < 1.29 is 9.53 Å². The van der Waals surface area contributed by atoms with Crippen molar-refractivity contribution in [2.75, 3.05) is 43.9 Å². The molecule has 0 radical (unpaired) electrons. The lowest BCUT2D eigenvalue weighted by Gasteiger charge is -2.37. The minimum Gasteiger partial charge on any atom is -0.481 e. The van der Waals surface area contributed by atoms with E-state index in [4.69, 9.17) is 10.5 Å². The molecule has 3 N–H and O–H groups in total. The standard InChI is InChI=1S/C12H17N5O2/c1-19-10-3-2-9(13)11(15-10)16-4-5-17-8(7-16)6-14-12(17)18/h2-3,8H,4-7,13H2,1H3,(H,14,18). The van der Waals surface area contributed by atoms with Crippen molar-refractivity contribution in [1.29, 1.82) is 0 Å². The molecule has 3 rings (SSSR count). The van der Waals surface area contributed by atoms with Crippen molar-refractivity contribution in [3.63, 3.8) is 0 Å². The molecule has 1 unspecified atom stereocenters. The van der Waals surface area contributed by atoms with Crippen LogP contribution in [0, 0.1) is 0 Å². The highest BCUT2D eigenvalue weighted by atomic mass is 16.5. The van der Waals surface area contributed by atoms with Crippen LogP contribution in [0.25, 0.3) is 0 Å². The van der Waals surface area contributed by atoms with Gasteiger partial charge in [0.1, 0.15) is 0 Å². The van der Waals surface area contributed by atoms with E-state index in [1.807, 2.05) is 4.90 Å². The van der Waals surface area contributed by atoms with Crippen LogP contribution in [0.1, 0.15) is 0 Å². The van der Waals surface area contributed by atoms with E-state index in [1.54, 1.807) is 19.2 Å². The summed E-state index contributed by atoms with van der Waals surface area (Å²) >= 11 is 0. The van der Waals surface area contributed by atoms with Gasteiger partial charge in [-0.3, -0.25) is 0 Å². The third-order valence-electron chi connectivity index (χ3n) is 3.62. The SMILES string of the molecule is COc1ccc(N)c(N2CCN3C(=O)NCC3C2)n1. The molecule has 1 atom stereocenters. The first kappa shape index (κ1) is 11.9. The summed E-state index contributed by atoms with van der Waals surface area (Å²) in [6.45, 7) is 2.84. The number of urea groups is 1. The molecule has 102 valence electrons. The Bertz CT molecular complexity index is 507. The molecular formula is C12H17N5O2. The molecule has 7 heteroatoms. The smallest absolute Gasteiger partial charge is 0.317 e. The first-order valence-electron chi connectivity index (χ1n) is 6.29. The van der Waals surface area contributed by atoms with Crippen molar-refractivity contribution >= 4 is 17.5 Å². The number of amides is 2. The zero-order valence-corrected chi connectivity index (χ0v) is 10.8. The number of hydrogen-bond acceptors (Lipinski definition) is 5. The van der Waals surface area contributed by atoms with Gasteiger partial charge in [0, 0.05) is 32.2 Å². The van der Waals surface area contributed by atoms with Crippen molar-refractivity contribution in [1.82, 2.24) is 15.2 Å². The maximum absolute atomic E-state index is 11.6. The van der Waals surface area contributed by atoms with Gasteiger partial charge in [-0.1, -0.05) is 0 Å². The van der Waals surface area contributed by atoms with Crippen LogP contribution in [0.15, 0.2) is 12.1 Å². The van der Waals surface area contributed by atoms with Gasteiger partial charge in [-0.25, -0.2) is 4.79 Å². The number of anilines is 2. The van der Waals surface area contributed by atoms with E-state index in [0.717, 1.165) is 18.9 Å². The zero-order chi connectivity index (χ0) is 13.4. The third-order valence-corrected chi connectivity index (χ3v) is 3.62. The van der Waals surface area contributed by atoms with E-state index >= 15 is 0 Å². The average molecular weight is 263 g/mol. The Labute approximate surface area is 111 Å². The van der Waals surface area contributed by atoms with Crippen LogP contribution in [0.3, 0.4) is 0 Å². The summed E-state index contributed by atoms with van der Waals surface area (Å²) < 4.78 is 5.13. The molecule has 0 aliphatic carbocycles. The summed E-state index contributed by atoms with van der Waals surface area (Å²) in [7, 11) is 1.58. The molecule has 2 saturated heterocycles. The number of ether oxygens (including phenoxy) is 1. The zero-order valence-electron chi connectivity index (χ0n) is 10.8. The van der Waals surface area contributed by atoms with E-state index in [0.29, 0.717) is 24.7 Å². The monoisotopic (exact) mass is 263 g/mol. The van der Waals surface area contributed by atoms with Gasteiger partial charge in [-0.05, 0) is 6.07 Å². The van der Waals surface area contributed by atoms with Crippen LogP contribution in [-0.2, 0) is 0 Å². The van der Waals surface area contributed by atoms with Crippen LogP contribution < -0.4 is 20.7 Å². The van der Waals surface area contributed by atoms with Crippen molar-refractivity contribution in [2.45, 2.75) is 6.04 Å². The quantitative estimate of drug-likeness (QED) is 0.777. The van der Waals surface area contributed by atoms with E-state index < -0.39 is 0 Å². The van der Waals surface area contributed by atoms with E-state index in [1.165, 1.54) is 0 Å². The van der Waals surface area contributed by atoms with Gasteiger partial charge in [0.05, 0.1) is 18.8 Å². The summed E-state index contributed by atoms with van der Waals surface area (Å²) in [4.78, 5) is 19.9. The van der Waals surface area contributed by atoms with Gasteiger partial charge in [-0.15, -0.1) is 0 Å². The van der Waals surface area contributed by atoms with Crippen molar-refractivity contribution in [2.24, 2.45) is 0 Å². The predicted molar refractivity (Wildman–Crippen MR) is 71.3 cm³/mol. The number of hydrogen-bond donors (Lipinski definition) is 2. The van der Waals surface area contributed by atoms with Gasteiger partial charge < -0.3 is 25.6 Å². The number of carbonyl (C=O) groups excluding carboxylic acids is 1. The number of nitrogen functional groups attached to an aromatic ring is 1. The summed E-state index contributed by atoms with van der Waals surface area (Å²) in [5.41, 5.74) is 6.61. The second-order valence-electron chi connectivity index (χ2n) is 4.75. The number of aromatic nitrogens is 1. The second kappa shape index (κ2) is 4.49. The number of piperazine rings is 1. The fourth-order valence-electron chi connectivity index (χ4n) is 2.61. The van der Waals surface area contributed by atoms with Crippen LogP contribution in [-0.4, -0.2) is 55.2 Å². The highest BCUT2D eigenvalue weighted by Crippen LogP contribution is 2.26. The fraction of sp³-hybridized carbons (Fsp3) is 0.500. The van der Waals surface area contributed by atoms with Gasteiger partial charge >= 0.3 is 6.03 Å². The van der Waals surface area contributed by atoms with Gasteiger partial charge in [0.25, 0.3) is 0 Å². The molecule has 2 amide bonds. The highest BCUT2D eigenvalue weighted by Gasteiger charge is 2.36. The minimum absolute atomic E-state index is 0.0243. The molecule has 7 nitrogen and oxygen atoms in total. The van der Waals surface area contributed by atoms with Crippen LogP contribution in [0.2, 0.25) is 0 Å². The lowest BCUT2D eigenvalue weighted by Crippen LogP contribution is -2.52. The largest absolute Gasteiger partial charge is 0.481 e. The van der Waals surface area contributed by atoms with E-state index in [-0.39, 0.29) is 12.1 Å². The Morgan fingerprint density at radius 1 is 1.47 bits per heavy atom. The molecule has 0 spiro atoms. The number of nitrogens with two attached hydrogens (primary N) is 1. The number of nitrogens with one attached hydrogen (secondary N) is 1. The Balaban J connectivity index is 1.82. The Morgan fingerprint density at radius 3 is 3.11 bits per heavy atom. The molecule has 1 aromatic heterocycles. The number of nitrogens with zero attached hydrogens (tertiary/aromatic N) is 3. The topological polar surface area (TPSA) is 83.7 Å². The highest BCUT2D eigenvalue weighted by molar-refractivity contribution is 5.77. The summed E-state index contributed by atoms with van der Waals surface area (Å²) in [6.07, 6.45) is 0. The summed E-state index contributed by atoms with van der Waals surface area (Å²) in [6, 6.07) is 3.76. The van der Waals surface area contributed by atoms with Gasteiger partial charge in [0.15, 0.2) is 5.82 Å². The molecule has 0 aromatic carbocycles. The first-order valence-corrected chi connectivity index (χ1v) is 6.29. The Hall–Kier alpha value is -2.18. The number of carbonyl (C=O) groups is 1. The molecule has 19 heavy (non-hydrogen) atoms. The first-order chi connectivity index (χ1) is 9.19. The molecule has 0 saturated carbocycles. The molecule has 0 bridgehead atoms. The number of fused-ring (bicyclic) bond motifs is 1. The minimum atomic E-state index is 0.0243. The van der Waals surface area contributed by atoms with Crippen LogP contribution >= 0.6 is 0 Å². The molecule has 2 aliphatic rings. The summed E-state index contributed by atoms with van der Waals surface area (Å²) in [5, 5.41) is 2.85. The number of rotatable bonds is 2. The summed E-state index contributed by atoms with van der Waals surface area (Å²) in [5.74, 6) is 1.28. The number of methoxy groups -OCH3 is 1. The molecular weight excluding hydrogens is 246 g/mol. The maximum Gasteiger partial charge on any atom is 0.317 e. The maximum atomic E-state index is 11.6. The van der Waals surface area contributed by atoms with Crippen LogP contribution in [0.5, 0.6) is 5.88 Å². The van der Waals surface area contributed by atoms with Crippen LogP contribution in [0.4, 0.5) is 16.3 Å². The molecule has 3 heterocycles. The van der Waals surface area contributed by atoms with E-state index in [9.17, 15) is 4.79 Å². The lowest BCUT2D eigenvalue weighted by atomic mass is 10.2. The number of pyridine rings is 1. The van der Waals surface area contributed by atoms with E-state index in [2.05, 4.69) is 15.2 Å². The Kier molecular flexibility index (Phi) is 2.81. The van der Waals surface area contributed by atoms with Crippen molar-refractivity contribution in [3.8, 4) is 5.88 Å².